The Bertz CT molecular complexity index is 417. The minimum absolute atomic E-state index is 0.0741. The quantitative estimate of drug-likeness (QED) is 0.759. The van der Waals surface area contributed by atoms with E-state index in [0.29, 0.717) is 0 Å². The molecule has 2 aromatic rings. The van der Waals surface area contributed by atoms with Crippen molar-refractivity contribution in [3.63, 3.8) is 0 Å². The van der Waals surface area contributed by atoms with Gasteiger partial charge in [-0.05, 0) is 24.3 Å². The molecule has 0 aliphatic heterocycles. The van der Waals surface area contributed by atoms with Gasteiger partial charge in [-0.3, -0.25) is 9.78 Å². The summed E-state index contributed by atoms with van der Waals surface area (Å²) in [5.41, 5.74) is 5.07. The van der Waals surface area contributed by atoms with Crippen molar-refractivity contribution < 1.29 is 9.90 Å². The largest absolute Gasteiger partial charge is 0.507 e. The number of hydrogen-bond donors (Lipinski definition) is 2. The first-order valence-corrected chi connectivity index (χ1v) is 4.64. The molecule has 1 aromatic carbocycles. The summed E-state index contributed by atoms with van der Waals surface area (Å²) in [6.45, 7) is 0. The molecule has 0 bridgehead atoms. The Morgan fingerprint density at radius 1 is 1.06 bits per heavy atom. The zero-order valence-electron chi connectivity index (χ0n) is 8.58. The van der Waals surface area contributed by atoms with E-state index in [2.05, 4.69) is 4.98 Å². The fourth-order valence-electron chi connectivity index (χ4n) is 0.995. The number of nitrogens with two attached hydrogens (primary N) is 1. The average molecular weight is 216 g/mol. The highest BCUT2D eigenvalue weighted by Crippen LogP contribution is 2.13. The molecular formula is C12H12N2O2. The van der Waals surface area contributed by atoms with Gasteiger partial charge in [-0.1, -0.05) is 18.2 Å². The predicted molar refractivity (Wildman–Crippen MR) is 60.9 cm³/mol. The van der Waals surface area contributed by atoms with Crippen LogP contribution in [0.3, 0.4) is 0 Å². The number of para-hydroxylation sites is 1. The molecule has 1 heterocycles. The third kappa shape index (κ3) is 3.79. The van der Waals surface area contributed by atoms with Crippen LogP contribution in [0.1, 0.15) is 10.4 Å². The van der Waals surface area contributed by atoms with Crippen molar-refractivity contribution in [3.05, 3.63) is 60.4 Å². The van der Waals surface area contributed by atoms with Gasteiger partial charge in [-0.2, -0.15) is 0 Å². The second-order valence-corrected chi connectivity index (χ2v) is 2.91. The van der Waals surface area contributed by atoms with E-state index in [1.165, 1.54) is 12.1 Å². The number of benzene rings is 1. The lowest BCUT2D eigenvalue weighted by molar-refractivity contribution is 0.0998. The fraction of sp³-hybridized carbons (Fsp3) is 0. The van der Waals surface area contributed by atoms with Crippen molar-refractivity contribution in [1.82, 2.24) is 4.98 Å². The molecule has 0 fully saturated rings. The van der Waals surface area contributed by atoms with E-state index >= 15 is 0 Å². The summed E-state index contributed by atoms with van der Waals surface area (Å²) in [5.74, 6) is -0.687. The van der Waals surface area contributed by atoms with Crippen LogP contribution in [-0.4, -0.2) is 16.0 Å². The molecule has 2 rings (SSSR count). The van der Waals surface area contributed by atoms with E-state index in [9.17, 15) is 4.79 Å². The van der Waals surface area contributed by atoms with Gasteiger partial charge in [-0.25, -0.2) is 0 Å². The summed E-state index contributed by atoms with van der Waals surface area (Å²) in [4.78, 5) is 14.3. The van der Waals surface area contributed by atoms with Crippen LogP contribution in [0.2, 0.25) is 0 Å². The maximum atomic E-state index is 10.5. The molecule has 0 aliphatic carbocycles. The lowest BCUT2D eigenvalue weighted by Crippen LogP contribution is -2.10. The second kappa shape index (κ2) is 6.19. The summed E-state index contributed by atoms with van der Waals surface area (Å²) in [7, 11) is 0. The number of carbonyl (C=O) groups excluding carboxylic acids is 1. The molecule has 4 nitrogen and oxygen atoms in total. The number of amides is 1. The Hall–Kier alpha value is -2.36. The Labute approximate surface area is 93.4 Å². The molecule has 16 heavy (non-hydrogen) atoms. The number of hydrogen-bond acceptors (Lipinski definition) is 3. The summed E-state index contributed by atoms with van der Waals surface area (Å²) < 4.78 is 0. The van der Waals surface area contributed by atoms with E-state index < -0.39 is 5.91 Å². The van der Waals surface area contributed by atoms with Crippen LogP contribution in [0.4, 0.5) is 0 Å². The lowest BCUT2D eigenvalue weighted by Gasteiger charge is -1.96. The van der Waals surface area contributed by atoms with Crippen LogP contribution in [0.5, 0.6) is 5.75 Å². The number of aromatic hydroxyl groups is 1. The monoisotopic (exact) mass is 216 g/mol. The van der Waals surface area contributed by atoms with Gasteiger partial charge in [0.15, 0.2) is 0 Å². The van der Waals surface area contributed by atoms with E-state index in [1.807, 2.05) is 18.2 Å². The highest BCUT2D eigenvalue weighted by Gasteiger charge is 2.03. The van der Waals surface area contributed by atoms with Crippen LogP contribution in [-0.2, 0) is 0 Å². The van der Waals surface area contributed by atoms with Crippen LogP contribution in [0.25, 0.3) is 0 Å². The molecule has 4 heteroatoms. The molecule has 0 atom stereocenters. The molecule has 0 saturated heterocycles. The third-order valence-corrected chi connectivity index (χ3v) is 1.74. The van der Waals surface area contributed by atoms with Gasteiger partial charge in [0.1, 0.15) is 5.75 Å². The standard InChI is InChI=1S/C7H7NO2.C5H5N/c8-7(10)5-3-1-2-4-6(5)9;1-2-4-6-5-3-1/h1-4,9H,(H2,8,10);1-5H. The molecule has 1 aromatic heterocycles. The topological polar surface area (TPSA) is 76.2 Å². The van der Waals surface area contributed by atoms with Gasteiger partial charge in [0, 0.05) is 12.4 Å². The second-order valence-electron chi connectivity index (χ2n) is 2.91. The lowest BCUT2D eigenvalue weighted by atomic mass is 10.2. The van der Waals surface area contributed by atoms with Crippen molar-refractivity contribution in [1.29, 1.82) is 0 Å². The van der Waals surface area contributed by atoms with Crippen LogP contribution in [0.15, 0.2) is 54.9 Å². The van der Waals surface area contributed by atoms with E-state index in [0.717, 1.165) is 0 Å². The maximum absolute atomic E-state index is 10.5. The Morgan fingerprint density at radius 2 is 1.69 bits per heavy atom. The molecular weight excluding hydrogens is 204 g/mol. The van der Waals surface area contributed by atoms with Gasteiger partial charge >= 0.3 is 0 Å². The number of phenols is 1. The molecule has 0 unspecified atom stereocenters. The Kier molecular flexibility index (Phi) is 4.53. The minimum atomic E-state index is -0.613. The molecule has 0 aliphatic rings. The van der Waals surface area contributed by atoms with Gasteiger partial charge in [0.05, 0.1) is 5.56 Å². The predicted octanol–water partition coefficient (Wildman–Crippen LogP) is 1.57. The van der Waals surface area contributed by atoms with Crippen molar-refractivity contribution in [2.75, 3.05) is 0 Å². The molecule has 0 spiro atoms. The summed E-state index contributed by atoms with van der Waals surface area (Å²) in [6.07, 6.45) is 3.50. The smallest absolute Gasteiger partial charge is 0.252 e. The van der Waals surface area contributed by atoms with Crippen LogP contribution >= 0.6 is 0 Å². The van der Waals surface area contributed by atoms with Crippen molar-refractivity contribution in [2.24, 2.45) is 5.73 Å². The van der Waals surface area contributed by atoms with E-state index in [-0.39, 0.29) is 11.3 Å². The van der Waals surface area contributed by atoms with Crippen LogP contribution < -0.4 is 5.73 Å². The van der Waals surface area contributed by atoms with Crippen molar-refractivity contribution >= 4 is 5.91 Å². The average Bonchev–Trinajstić information content (AvgIpc) is 2.32. The van der Waals surface area contributed by atoms with Crippen molar-refractivity contribution in [3.8, 4) is 5.75 Å². The summed E-state index contributed by atoms with van der Waals surface area (Å²) >= 11 is 0. The highest BCUT2D eigenvalue weighted by atomic mass is 16.3. The first-order chi connectivity index (χ1) is 7.72. The number of pyridine rings is 1. The normalized spacial score (nSPS) is 8.75. The third-order valence-electron chi connectivity index (χ3n) is 1.74. The first-order valence-electron chi connectivity index (χ1n) is 4.64. The SMILES string of the molecule is NC(=O)c1ccccc1O.c1ccncc1. The Balaban J connectivity index is 0.000000181. The van der Waals surface area contributed by atoms with E-state index in [4.69, 9.17) is 10.8 Å². The number of nitrogens with zero attached hydrogens (tertiary/aromatic N) is 1. The fourth-order valence-corrected chi connectivity index (χ4v) is 0.995. The minimum Gasteiger partial charge on any atom is -0.507 e. The van der Waals surface area contributed by atoms with Crippen LogP contribution in [0, 0.1) is 0 Å². The number of rotatable bonds is 1. The number of aromatic nitrogens is 1. The summed E-state index contributed by atoms with van der Waals surface area (Å²) in [6, 6.07) is 11.9. The number of primary amides is 1. The zero-order valence-corrected chi connectivity index (χ0v) is 8.58. The maximum Gasteiger partial charge on any atom is 0.252 e. The molecule has 0 saturated carbocycles. The van der Waals surface area contributed by atoms with Gasteiger partial charge in [0.2, 0.25) is 0 Å². The highest BCUT2D eigenvalue weighted by molar-refractivity contribution is 5.95. The van der Waals surface area contributed by atoms with E-state index in [1.54, 1.807) is 24.5 Å². The van der Waals surface area contributed by atoms with Gasteiger partial charge in [-0.15, -0.1) is 0 Å². The molecule has 1 amide bonds. The molecule has 3 N–H and O–H groups in total. The molecule has 82 valence electrons. The Morgan fingerprint density at radius 3 is 2.00 bits per heavy atom. The number of carbonyl (C=O) groups is 1. The van der Waals surface area contributed by atoms with Gasteiger partial charge in [0.25, 0.3) is 5.91 Å². The van der Waals surface area contributed by atoms with Crippen molar-refractivity contribution in [2.45, 2.75) is 0 Å². The zero-order chi connectivity index (χ0) is 11.8. The molecule has 0 radical (unpaired) electrons. The summed E-state index contributed by atoms with van der Waals surface area (Å²) in [5, 5.41) is 8.98. The first kappa shape index (κ1) is 11.7. The van der Waals surface area contributed by atoms with Gasteiger partial charge < -0.3 is 10.8 Å².